The normalized spacial score (nSPS) is 12.5. The molecule has 538 valence electrons. The predicted molar refractivity (Wildman–Crippen MR) is 442 cm³/mol. The van der Waals surface area contributed by atoms with Gasteiger partial charge in [-0.3, -0.25) is 0 Å². The van der Waals surface area contributed by atoms with E-state index >= 15 is 0 Å². The first kappa shape index (κ1) is 71.4. The molecule has 0 unspecified atom stereocenters. The molecule has 0 amide bonds. The summed E-state index contributed by atoms with van der Waals surface area (Å²) in [7, 11) is 0. The number of benzene rings is 15. The third-order valence-corrected chi connectivity index (χ3v) is 22.5. The third kappa shape index (κ3) is 14.8. The summed E-state index contributed by atoms with van der Waals surface area (Å²) in [6.45, 7) is 19.1. The van der Waals surface area contributed by atoms with E-state index in [1.807, 2.05) is 0 Å². The van der Waals surface area contributed by atoms with Crippen LogP contribution >= 0.6 is 0 Å². The Morgan fingerprint density at radius 2 is 0.490 bits per heavy atom. The first-order valence-corrected chi connectivity index (χ1v) is 40.0. The van der Waals surface area contributed by atoms with Crippen molar-refractivity contribution in [3.05, 3.63) is 170 Å². The summed E-state index contributed by atoms with van der Waals surface area (Å²) in [6.07, 6.45) is 32.4. The van der Waals surface area contributed by atoms with Crippen LogP contribution in [0.4, 0.5) is 0 Å². The number of ether oxygens (including phenoxy) is 8. The maximum atomic E-state index is 6.32. The zero-order valence-electron chi connectivity index (χ0n) is 62.0. The second-order valence-electron chi connectivity index (χ2n) is 29.5. The molecule has 0 bridgehead atoms. The lowest BCUT2D eigenvalue weighted by Crippen LogP contribution is -2.12. The highest BCUT2D eigenvalue weighted by Gasteiger charge is 2.32. The lowest BCUT2D eigenvalue weighted by atomic mass is 9.72. The van der Waals surface area contributed by atoms with E-state index in [1.54, 1.807) is 12.2 Å². The van der Waals surface area contributed by atoms with E-state index in [0.29, 0.717) is 92.5 Å². The predicted octanol–water partition coefficient (Wildman–Crippen LogP) is 25.6. The van der Waals surface area contributed by atoms with Crippen LogP contribution in [-0.4, -0.2) is 92.5 Å². The van der Waals surface area contributed by atoms with Gasteiger partial charge in [-0.05, 0) is 237 Å². The van der Waals surface area contributed by atoms with Gasteiger partial charge in [0.15, 0.2) is 0 Å². The third-order valence-electron chi connectivity index (χ3n) is 22.5. The molecule has 8 nitrogen and oxygen atoms in total. The Hall–Kier alpha value is -8.18. The van der Waals surface area contributed by atoms with Gasteiger partial charge in [0, 0.05) is 0 Å². The second kappa shape index (κ2) is 34.4. The van der Waals surface area contributed by atoms with E-state index in [-0.39, 0.29) is 0 Å². The zero-order valence-corrected chi connectivity index (χ0v) is 62.0. The summed E-state index contributed by atoms with van der Waals surface area (Å²) in [4.78, 5) is 0. The minimum absolute atomic E-state index is 0.442. The van der Waals surface area contributed by atoms with Gasteiger partial charge in [0.1, 0.15) is 24.7 Å². The molecular formula is C96H106O8. The van der Waals surface area contributed by atoms with Crippen LogP contribution in [0.3, 0.4) is 0 Å². The summed E-state index contributed by atoms with van der Waals surface area (Å²) < 4.78 is 46.7. The maximum absolute atomic E-state index is 6.32. The number of rotatable bonds is 48. The molecule has 0 saturated heterocycles. The van der Waals surface area contributed by atoms with Crippen LogP contribution in [0.15, 0.2) is 159 Å². The molecule has 15 rings (SSSR count). The quantitative estimate of drug-likeness (QED) is 0.0162. The van der Waals surface area contributed by atoms with Gasteiger partial charge in [0.25, 0.3) is 0 Å². The van der Waals surface area contributed by atoms with Crippen LogP contribution in [-0.2, 0) is 41.3 Å². The minimum atomic E-state index is 0.442. The van der Waals surface area contributed by atoms with Crippen molar-refractivity contribution in [2.45, 2.75) is 155 Å². The summed E-state index contributed by atoms with van der Waals surface area (Å²) in [5.41, 5.74) is 7.60. The van der Waals surface area contributed by atoms with E-state index in [9.17, 15) is 0 Å². The van der Waals surface area contributed by atoms with Gasteiger partial charge in [-0.15, -0.1) is 13.2 Å². The Morgan fingerprint density at radius 1 is 0.240 bits per heavy atom. The Bertz CT molecular complexity index is 4920. The summed E-state index contributed by atoms with van der Waals surface area (Å²) in [5, 5.41) is 33.2. The molecule has 0 spiro atoms. The van der Waals surface area contributed by atoms with E-state index in [1.165, 1.54) is 280 Å². The maximum Gasteiger partial charge on any atom is 0.119 e. The second-order valence-corrected chi connectivity index (χ2v) is 29.5. The van der Waals surface area contributed by atoms with Crippen LogP contribution in [0.25, 0.3) is 152 Å². The molecule has 0 saturated carbocycles. The van der Waals surface area contributed by atoms with E-state index in [0.717, 1.165) is 35.5 Å². The highest BCUT2D eigenvalue weighted by molar-refractivity contribution is 6.61. The topological polar surface area (TPSA) is 73.8 Å². The summed E-state index contributed by atoms with van der Waals surface area (Å²) in [6, 6.07) is 52.8. The standard InChI is InChI=1S/C96H106O8/c1-5-9-11-13-15-17-19-21-23-25-29-65-57-77-73-31-27-33-75-81-61-69(67-35-39-71(40-36-67)103-55-53-101-51-49-99-47-45-97-43-7-3)63-83-84-64-70(68-37-41-72(42-38-68)104-56-54-102-52-50-100-48-46-98-44-8-4)62-82-76-34-28-32-74-78-58-66(30-26-24-22-20-18-16-14-12-10-6-2)60-80-79(59-65)87(77)93-91(85(73)75)95(89(81)83)96(90(82)84)92(86(74)76)94(93)88(78)80/h7-8,27-28,31-42,57-64H,3-6,9-26,29-30,43-56H2,1-2H3. The Morgan fingerprint density at radius 3 is 0.798 bits per heavy atom. The highest BCUT2D eigenvalue weighted by atomic mass is 16.6. The van der Waals surface area contributed by atoms with E-state index in [2.05, 4.69) is 160 Å². The molecule has 0 radical (unpaired) electrons. The van der Waals surface area contributed by atoms with Gasteiger partial charge in [0.2, 0.25) is 0 Å². The smallest absolute Gasteiger partial charge is 0.119 e. The number of fused-ring (bicyclic) bond motifs is 6. The van der Waals surface area contributed by atoms with Crippen LogP contribution < -0.4 is 9.47 Å². The monoisotopic (exact) mass is 1390 g/mol. The van der Waals surface area contributed by atoms with Crippen LogP contribution in [0.1, 0.15) is 153 Å². The van der Waals surface area contributed by atoms with Crippen molar-refractivity contribution in [2.24, 2.45) is 0 Å². The SMILES string of the molecule is C=CCOCCOCCOCCOc1ccc(-c2cc3c4cccc5c6cc(CCCCCCCCCCCC)cc7c8cc(CCCCCCCCCCCC)cc9c%10cccc%11c%12cc(-c%13ccc(OCCOCCOCCOCC=C)cc%13)cc%13c(c2)c3c2c(c54)c(c67)c(c98)c(c%10%11)c2c%12%13)cc1. The first-order chi connectivity index (χ1) is 51.6. The minimum Gasteiger partial charge on any atom is -0.491 e. The molecule has 8 heteroatoms. The Kier molecular flexibility index (Phi) is 23.6. The van der Waals surface area contributed by atoms with E-state index in [4.69, 9.17) is 37.9 Å². The van der Waals surface area contributed by atoms with Crippen LogP contribution in [0.5, 0.6) is 11.5 Å². The summed E-state index contributed by atoms with van der Waals surface area (Å²) >= 11 is 0. The largest absolute Gasteiger partial charge is 0.491 e. The molecule has 0 aromatic heterocycles. The van der Waals surface area contributed by atoms with Gasteiger partial charge in [-0.1, -0.05) is 227 Å². The average Bonchev–Trinajstić information content (AvgIpc) is 0.643. The fraction of sp³-hybridized carbons (Fsp3) is 0.396. The molecule has 0 N–H and O–H groups in total. The van der Waals surface area contributed by atoms with Crippen molar-refractivity contribution in [1.29, 1.82) is 0 Å². The molecule has 104 heavy (non-hydrogen) atoms. The zero-order chi connectivity index (χ0) is 70.6. The van der Waals surface area contributed by atoms with Crippen molar-refractivity contribution in [2.75, 3.05) is 92.5 Å². The van der Waals surface area contributed by atoms with Crippen molar-refractivity contribution in [3.8, 4) is 33.8 Å². The molecule has 0 heterocycles. The molecular weight excluding hydrogens is 1280 g/mol. The number of aryl methyl sites for hydroxylation is 2. The lowest BCUT2D eigenvalue weighted by molar-refractivity contribution is 0.0135. The number of unbranched alkanes of at least 4 members (excludes halogenated alkanes) is 18. The number of hydrogen-bond acceptors (Lipinski definition) is 8. The molecule has 0 aliphatic carbocycles. The van der Waals surface area contributed by atoms with Crippen molar-refractivity contribution in [1.82, 2.24) is 0 Å². The molecule has 0 fully saturated rings. The molecule has 0 aliphatic rings. The molecule has 15 aromatic rings. The Balaban J connectivity index is 0.866. The van der Waals surface area contributed by atoms with Crippen molar-refractivity contribution in [3.63, 3.8) is 0 Å². The van der Waals surface area contributed by atoms with Gasteiger partial charge in [-0.25, -0.2) is 0 Å². The van der Waals surface area contributed by atoms with Gasteiger partial charge < -0.3 is 37.9 Å². The van der Waals surface area contributed by atoms with Gasteiger partial charge in [0.05, 0.1) is 79.3 Å². The lowest BCUT2D eigenvalue weighted by Gasteiger charge is -2.30. The van der Waals surface area contributed by atoms with E-state index < -0.39 is 0 Å². The fourth-order valence-electron chi connectivity index (χ4n) is 17.6. The Labute approximate surface area is 614 Å². The first-order valence-electron chi connectivity index (χ1n) is 40.0. The van der Waals surface area contributed by atoms with Crippen molar-refractivity contribution < 1.29 is 37.9 Å². The molecule has 15 aromatic carbocycles. The van der Waals surface area contributed by atoms with Crippen molar-refractivity contribution >= 4 is 129 Å². The number of hydrogen-bond donors (Lipinski definition) is 0. The molecule has 0 atom stereocenters. The average molecular weight is 1390 g/mol. The van der Waals surface area contributed by atoms with Crippen LogP contribution in [0.2, 0.25) is 0 Å². The van der Waals surface area contributed by atoms with Crippen LogP contribution in [0, 0.1) is 0 Å². The van der Waals surface area contributed by atoms with Gasteiger partial charge >= 0.3 is 0 Å². The fourth-order valence-corrected chi connectivity index (χ4v) is 17.6. The summed E-state index contributed by atoms with van der Waals surface area (Å²) in [5.74, 6) is 1.63. The molecule has 0 aliphatic heterocycles. The van der Waals surface area contributed by atoms with Gasteiger partial charge in [-0.2, -0.15) is 0 Å². The highest BCUT2D eigenvalue weighted by Crippen LogP contribution is 2.61.